The molecule has 3 rings (SSSR count). The largest absolute Gasteiger partial charge is 0.496 e. The van der Waals surface area contributed by atoms with Crippen molar-refractivity contribution < 1.29 is 17.9 Å². The Labute approximate surface area is 196 Å². The van der Waals surface area contributed by atoms with Crippen molar-refractivity contribution in [3.8, 4) is 5.75 Å². The lowest BCUT2D eigenvalue weighted by atomic mass is 9.96. The summed E-state index contributed by atoms with van der Waals surface area (Å²) in [5.74, 6) is 0.249. The first-order valence-corrected chi connectivity index (χ1v) is 12.9. The number of aryl methyl sites for hydroxylation is 1. The minimum atomic E-state index is -3.52. The molecule has 0 spiro atoms. The van der Waals surface area contributed by atoms with Gasteiger partial charge in [-0.15, -0.1) is 0 Å². The van der Waals surface area contributed by atoms with E-state index >= 15 is 0 Å². The number of carbonyl (C=O) groups is 1. The van der Waals surface area contributed by atoms with Gasteiger partial charge in [0.05, 0.1) is 24.8 Å². The van der Waals surface area contributed by atoms with Crippen LogP contribution in [0.4, 0.5) is 0 Å². The minimum absolute atomic E-state index is 0.0960. The molecule has 1 aliphatic rings. The molecule has 1 saturated heterocycles. The lowest BCUT2D eigenvalue weighted by molar-refractivity contribution is -0.126. The third-order valence-corrected chi connectivity index (χ3v) is 8.03. The van der Waals surface area contributed by atoms with Crippen LogP contribution in [0.5, 0.6) is 5.75 Å². The standard InChI is InChI=1S/C24H31ClN2O4S/c1-4-22(19-9-12-23(31-3)17(2)14-19)26-24(28)20-6-5-13-27(15-20)32(29,30)16-18-7-10-21(25)11-8-18/h7-12,14,20,22H,4-6,13,15-16H2,1-3H3,(H,26,28)/t20-,22-/m0/s1. The molecule has 0 saturated carbocycles. The second kappa shape index (κ2) is 10.7. The summed E-state index contributed by atoms with van der Waals surface area (Å²) in [5.41, 5.74) is 2.71. The van der Waals surface area contributed by atoms with Crippen molar-refractivity contribution in [2.24, 2.45) is 5.92 Å². The van der Waals surface area contributed by atoms with Gasteiger partial charge in [0.2, 0.25) is 15.9 Å². The third kappa shape index (κ3) is 6.03. The van der Waals surface area contributed by atoms with E-state index in [1.54, 1.807) is 31.4 Å². The van der Waals surface area contributed by atoms with Gasteiger partial charge in [0, 0.05) is 18.1 Å². The molecule has 0 radical (unpaired) electrons. The van der Waals surface area contributed by atoms with E-state index in [2.05, 4.69) is 5.32 Å². The van der Waals surface area contributed by atoms with Crippen molar-refractivity contribution >= 4 is 27.5 Å². The van der Waals surface area contributed by atoms with Crippen LogP contribution in [0.3, 0.4) is 0 Å². The Balaban J connectivity index is 1.66. The molecule has 0 unspecified atom stereocenters. The Morgan fingerprint density at radius 1 is 1.25 bits per heavy atom. The molecule has 32 heavy (non-hydrogen) atoms. The van der Waals surface area contributed by atoms with Crippen LogP contribution < -0.4 is 10.1 Å². The third-order valence-electron chi connectivity index (χ3n) is 5.96. The van der Waals surface area contributed by atoms with Crippen LogP contribution in [-0.4, -0.2) is 38.8 Å². The molecule has 0 bridgehead atoms. The summed E-state index contributed by atoms with van der Waals surface area (Å²) in [6.07, 6.45) is 2.08. The zero-order valence-corrected chi connectivity index (χ0v) is 20.4. The number of nitrogens with zero attached hydrogens (tertiary/aromatic N) is 1. The summed E-state index contributed by atoms with van der Waals surface area (Å²) in [5, 5.41) is 3.70. The smallest absolute Gasteiger partial charge is 0.224 e. The van der Waals surface area contributed by atoms with E-state index in [-0.39, 0.29) is 30.2 Å². The number of benzene rings is 2. The van der Waals surface area contributed by atoms with Gasteiger partial charge < -0.3 is 10.1 Å². The number of amides is 1. The zero-order chi connectivity index (χ0) is 23.3. The number of sulfonamides is 1. The molecule has 1 amide bonds. The molecule has 2 aromatic carbocycles. The van der Waals surface area contributed by atoms with E-state index in [0.29, 0.717) is 30.0 Å². The van der Waals surface area contributed by atoms with Crippen LogP contribution in [0, 0.1) is 12.8 Å². The van der Waals surface area contributed by atoms with Gasteiger partial charge in [0.25, 0.3) is 0 Å². The van der Waals surface area contributed by atoms with Crippen LogP contribution in [0.2, 0.25) is 5.02 Å². The average molecular weight is 479 g/mol. The molecule has 8 heteroatoms. The summed E-state index contributed by atoms with van der Waals surface area (Å²) < 4.78 is 32.7. The molecule has 1 fully saturated rings. The predicted molar refractivity (Wildman–Crippen MR) is 127 cm³/mol. The van der Waals surface area contributed by atoms with Gasteiger partial charge in [0.15, 0.2) is 0 Å². The number of carbonyl (C=O) groups excluding carboxylic acids is 1. The Morgan fingerprint density at radius 3 is 2.59 bits per heavy atom. The first-order chi connectivity index (χ1) is 15.2. The van der Waals surface area contributed by atoms with Crippen molar-refractivity contribution in [3.05, 3.63) is 64.2 Å². The Bertz CT molecular complexity index is 1040. The van der Waals surface area contributed by atoms with E-state index in [1.807, 2.05) is 32.0 Å². The number of hydrogen-bond acceptors (Lipinski definition) is 4. The molecule has 2 atom stereocenters. The van der Waals surface area contributed by atoms with Crippen molar-refractivity contribution in [1.29, 1.82) is 0 Å². The van der Waals surface area contributed by atoms with E-state index in [4.69, 9.17) is 16.3 Å². The number of halogens is 1. The lowest BCUT2D eigenvalue weighted by Crippen LogP contribution is -2.46. The fourth-order valence-electron chi connectivity index (χ4n) is 4.12. The fraction of sp³-hybridized carbons (Fsp3) is 0.458. The van der Waals surface area contributed by atoms with Crippen molar-refractivity contribution in [1.82, 2.24) is 9.62 Å². The highest BCUT2D eigenvalue weighted by molar-refractivity contribution is 7.88. The Kier molecular flexibility index (Phi) is 8.20. The zero-order valence-electron chi connectivity index (χ0n) is 18.8. The number of rotatable bonds is 8. The normalized spacial score (nSPS) is 18.2. The van der Waals surface area contributed by atoms with Crippen LogP contribution in [0.1, 0.15) is 48.9 Å². The SMILES string of the molecule is CC[C@H](NC(=O)[C@H]1CCCN(S(=O)(=O)Cc2ccc(Cl)cc2)C1)c1ccc(OC)c(C)c1. The molecule has 6 nitrogen and oxygen atoms in total. The molecule has 1 heterocycles. The van der Waals surface area contributed by atoms with E-state index in [0.717, 1.165) is 23.3 Å². The van der Waals surface area contributed by atoms with Gasteiger partial charge >= 0.3 is 0 Å². The highest BCUT2D eigenvalue weighted by Crippen LogP contribution is 2.26. The number of hydrogen-bond donors (Lipinski definition) is 1. The molecule has 0 aliphatic carbocycles. The van der Waals surface area contributed by atoms with Gasteiger partial charge in [-0.3, -0.25) is 4.79 Å². The molecular formula is C24H31ClN2O4S. The second-order valence-electron chi connectivity index (χ2n) is 8.28. The van der Waals surface area contributed by atoms with Crippen LogP contribution in [0.25, 0.3) is 0 Å². The Morgan fingerprint density at radius 2 is 1.97 bits per heavy atom. The maximum absolute atomic E-state index is 13.0. The highest BCUT2D eigenvalue weighted by Gasteiger charge is 2.33. The summed E-state index contributed by atoms with van der Waals surface area (Å²) in [6.45, 7) is 4.64. The average Bonchev–Trinajstić information content (AvgIpc) is 2.78. The molecule has 2 aromatic rings. The number of piperidine rings is 1. The molecular weight excluding hydrogens is 448 g/mol. The van der Waals surface area contributed by atoms with E-state index in [9.17, 15) is 13.2 Å². The highest BCUT2D eigenvalue weighted by atomic mass is 35.5. The first kappa shape index (κ1) is 24.6. The summed E-state index contributed by atoms with van der Waals surface area (Å²) in [4.78, 5) is 13.0. The maximum Gasteiger partial charge on any atom is 0.224 e. The Hall–Kier alpha value is -2.09. The van der Waals surface area contributed by atoms with Crippen LogP contribution in [-0.2, 0) is 20.6 Å². The molecule has 174 valence electrons. The summed E-state index contributed by atoms with van der Waals surface area (Å²) >= 11 is 5.90. The lowest BCUT2D eigenvalue weighted by Gasteiger charge is -2.32. The van der Waals surface area contributed by atoms with Gasteiger partial charge in [-0.05, 0) is 61.1 Å². The monoisotopic (exact) mass is 478 g/mol. The summed E-state index contributed by atoms with van der Waals surface area (Å²) in [7, 11) is -1.88. The molecule has 1 aliphatic heterocycles. The predicted octanol–water partition coefficient (Wildman–Crippen LogP) is 4.47. The minimum Gasteiger partial charge on any atom is -0.496 e. The quantitative estimate of drug-likeness (QED) is 0.607. The van der Waals surface area contributed by atoms with Gasteiger partial charge in [-0.1, -0.05) is 42.8 Å². The summed E-state index contributed by atoms with van der Waals surface area (Å²) in [6, 6.07) is 12.6. The molecule has 1 N–H and O–H groups in total. The number of nitrogens with one attached hydrogen (secondary N) is 1. The van der Waals surface area contributed by atoms with Crippen molar-refractivity contribution in [2.75, 3.05) is 20.2 Å². The van der Waals surface area contributed by atoms with Crippen molar-refractivity contribution in [2.45, 2.75) is 44.9 Å². The fourth-order valence-corrected chi connectivity index (χ4v) is 5.86. The second-order valence-corrected chi connectivity index (χ2v) is 10.7. The van der Waals surface area contributed by atoms with Crippen LogP contribution >= 0.6 is 11.6 Å². The van der Waals surface area contributed by atoms with Gasteiger partial charge in [0.1, 0.15) is 5.75 Å². The number of ether oxygens (including phenoxy) is 1. The first-order valence-electron chi connectivity index (χ1n) is 10.9. The maximum atomic E-state index is 13.0. The van der Waals surface area contributed by atoms with E-state index in [1.165, 1.54) is 4.31 Å². The van der Waals surface area contributed by atoms with Gasteiger partial charge in [-0.2, -0.15) is 0 Å². The molecule has 0 aromatic heterocycles. The van der Waals surface area contributed by atoms with Crippen LogP contribution in [0.15, 0.2) is 42.5 Å². The number of methoxy groups -OCH3 is 1. The van der Waals surface area contributed by atoms with Gasteiger partial charge in [-0.25, -0.2) is 12.7 Å². The topological polar surface area (TPSA) is 75.7 Å². The van der Waals surface area contributed by atoms with Crippen molar-refractivity contribution in [3.63, 3.8) is 0 Å². The van der Waals surface area contributed by atoms with E-state index < -0.39 is 10.0 Å².